The van der Waals surface area contributed by atoms with Crippen molar-refractivity contribution in [2.75, 3.05) is 6.61 Å². The highest BCUT2D eigenvalue weighted by Gasteiger charge is 2.55. The van der Waals surface area contributed by atoms with Crippen LogP contribution >= 0.6 is 0 Å². The Morgan fingerprint density at radius 2 is 1.62 bits per heavy atom. The number of hydrogen-bond donors (Lipinski definition) is 1. The normalized spacial score (nSPS) is 23.5. The molecule has 1 aliphatic heterocycles. The monoisotopic (exact) mass is 467 g/mol. The first-order valence-electron chi connectivity index (χ1n) is 12.9. The van der Waals surface area contributed by atoms with Crippen molar-refractivity contribution in [3.63, 3.8) is 0 Å². The number of hydrogen-bond acceptors (Lipinski definition) is 3. The molecule has 2 unspecified atom stereocenters. The number of oxazole rings is 1. The van der Waals surface area contributed by atoms with E-state index in [9.17, 15) is 4.79 Å². The summed E-state index contributed by atoms with van der Waals surface area (Å²) in [6.07, 6.45) is 3.17. The molecule has 0 saturated carbocycles. The Morgan fingerprint density at radius 3 is 2.21 bits per heavy atom. The molecule has 0 saturated heterocycles. The first-order valence-corrected chi connectivity index (χ1v) is 12.9. The summed E-state index contributed by atoms with van der Waals surface area (Å²) in [5, 5.41) is 0. The van der Waals surface area contributed by atoms with Crippen molar-refractivity contribution in [3.05, 3.63) is 56.9 Å². The summed E-state index contributed by atoms with van der Waals surface area (Å²) in [5.41, 5.74) is 5.36. The van der Waals surface area contributed by atoms with Crippen molar-refractivity contribution >= 4 is 0 Å². The highest BCUT2D eigenvalue weighted by molar-refractivity contribution is 5.43. The molecule has 188 valence electrons. The first-order chi connectivity index (χ1) is 15.5. The average molecular weight is 468 g/mol. The second kappa shape index (κ2) is 7.85. The van der Waals surface area contributed by atoms with Gasteiger partial charge in [0.15, 0.2) is 0 Å². The largest absolute Gasteiger partial charge is 0.416 e. The van der Waals surface area contributed by atoms with Crippen LogP contribution in [0, 0.1) is 27.6 Å². The number of fused-ring (bicyclic) bond motifs is 2. The molecule has 0 amide bonds. The molecule has 2 aliphatic rings. The van der Waals surface area contributed by atoms with Crippen LogP contribution in [0.15, 0.2) is 27.4 Å². The molecule has 0 spiro atoms. The van der Waals surface area contributed by atoms with Gasteiger partial charge in [0.25, 0.3) is 0 Å². The fourth-order valence-electron chi connectivity index (χ4n) is 7.51. The van der Waals surface area contributed by atoms with E-state index >= 15 is 0 Å². The van der Waals surface area contributed by atoms with Crippen molar-refractivity contribution in [1.82, 2.24) is 4.98 Å². The van der Waals surface area contributed by atoms with Crippen molar-refractivity contribution in [3.8, 4) is 0 Å². The molecule has 2 atom stereocenters. The second-order valence-corrected chi connectivity index (χ2v) is 14.1. The number of rotatable bonds is 3. The van der Waals surface area contributed by atoms with Crippen LogP contribution in [0.1, 0.15) is 97.4 Å². The number of benzene rings is 1. The minimum Gasteiger partial charge on any atom is -0.412 e. The third-order valence-electron chi connectivity index (χ3n) is 9.62. The number of H-pyrrole nitrogens is 1. The highest BCUT2D eigenvalue weighted by Crippen LogP contribution is 2.60. The molecule has 1 N–H and O–H groups in total. The van der Waals surface area contributed by atoms with E-state index in [0.717, 1.165) is 30.7 Å². The Bertz CT molecular complexity index is 1100. The van der Waals surface area contributed by atoms with E-state index in [1.807, 2.05) is 0 Å². The Kier molecular flexibility index (Phi) is 5.84. The van der Waals surface area contributed by atoms with Crippen molar-refractivity contribution in [2.24, 2.45) is 27.6 Å². The van der Waals surface area contributed by atoms with Gasteiger partial charge in [-0.05, 0) is 63.5 Å². The molecular formula is C30H45NO3. The van der Waals surface area contributed by atoms with E-state index in [4.69, 9.17) is 9.15 Å². The van der Waals surface area contributed by atoms with Crippen LogP contribution in [-0.2, 0) is 36.0 Å². The molecule has 0 radical (unpaired) electrons. The van der Waals surface area contributed by atoms with Crippen molar-refractivity contribution in [2.45, 2.75) is 101 Å². The van der Waals surface area contributed by atoms with Crippen LogP contribution in [0.25, 0.3) is 0 Å². The third kappa shape index (κ3) is 3.63. The van der Waals surface area contributed by atoms with Crippen molar-refractivity contribution < 1.29 is 9.15 Å². The van der Waals surface area contributed by atoms with Crippen LogP contribution < -0.4 is 5.76 Å². The topological polar surface area (TPSA) is 55.2 Å². The Hall–Kier alpha value is -1.81. The smallest absolute Gasteiger partial charge is 0.412 e. The van der Waals surface area contributed by atoms with Crippen molar-refractivity contribution in [1.29, 1.82) is 0 Å². The van der Waals surface area contributed by atoms with Gasteiger partial charge >= 0.3 is 5.76 Å². The molecule has 2 heterocycles. The predicted octanol–water partition coefficient (Wildman–Crippen LogP) is 6.84. The van der Waals surface area contributed by atoms with Crippen LogP contribution in [0.3, 0.4) is 0 Å². The molecule has 1 aromatic carbocycles. The number of nitrogens with one attached hydrogen (secondary N) is 1. The van der Waals surface area contributed by atoms with Gasteiger partial charge in [0.05, 0.1) is 24.3 Å². The summed E-state index contributed by atoms with van der Waals surface area (Å²) >= 11 is 0. The molecule has 1 aliphatic carbocycles. The van der Waals surface area contributed by atoms with Gasteiger partial charge in [0.2, 0.25) is 0 Å². The van der Waals surface area contributed by atoms with E-state index < -0.39 is 0 Å². The number of ether oxygens (including phenoxy) is 1. The van der Waals surface area contributed by atoms with Gasteiger partial charge in [-0.2, -0.15) is 0 Å². The zero-order valence-electron chi connectivity index (χ0n) is 23.1. The maximum atomic E-state index is 12.2. The van der Waals surface area contributed by atoms with E-state index in [2.05, 4.69) is 92.4 Å². The van der Waals surface area contributed by atoms with Gasteiger partial charge < -0.3 is 9.15 Å². The molecule has 4 nitrogen and oxygen atoms in total. The van der Waals surface area contributed by atoms with Gasteiger partial charge in [-0.1, -0.05) is 87.4 Å². The maximum absolute atomic E-state index is 12.2. The Morgan fingerprint density at radius 1 is 0.971 bits per heavy atom. The first kappa shape index (κ1) is 25.3. The highest BCUT2D eigenvalue weighted by atomic mass is 16.5. The molecule has 1 aromatic heterocycles. The molecule has 4 rings (SSSR count). The van der Waals surface area contributed by atoms with Crippen LogP contribution in [0.4, 0.5) is 0 Å². The summed E-state index contributed by atoms with van der Waals surface area (Å²) in [5.74, 6) is 0.656. The molecular weight excluding hydrogens is 422 g/mol. The Balaban J connectivity index is 1.77. The number of aromatic nitrogens is 1. The molecule has 2 aromatic rings. The van der Waals surface area contributed by atoms with E-state index in [0.29, 0.717) is 13.2 Å². The zero-order chi connectivity index (χ0) is 25.3. The Labute approximate surface area is 205 Å². The standard InChI is InChI=1S/C30H45NO3/c1-19(30(28(8,9)10)18-33-17-23-24(30)34-25(32)31-23)14-20-12-11-13-21-15-29(16-22(20)21,26(2,3)4)27(5,6)7/h11-13,19H,14-18H2,1-10H3,(H,31,32). The van der Waals surface area contributed by atoms with E-state index in [-0.39, 0.29) is 38.7 Å². The van der Waals surface area contributed by atoms with Gasteiger partial charge in [0, 0.05) is 0 Å². The lowest BCUT2D eigenvalue weighted by Gasteiger charge is -2.52. The van der Waals surface area contributed by atoms with Gasteiger partial charge in [-0.3, -0.25) is 4.98 Å². The maximum Gasteiger partial charge on any atom is 0.416 e. The fraction of sp³-hybridized carbons (Fsp3) is 0.700. The zero-order valence-corrected chi connectivity index (χ0v) is 23.1. The SMILES string of the molecule is CC(Cc1cccc2c1CC(C(C)(C)C)(C(C)(C)C)C2)C1(C(C)(C)C)COCc2[nH]c(=O)oc21. The van der Waals surface area contributed by atoms with Gasteiger partial charge in [-0.15, -0.1) is 0 Å². The molecule has 4 heteroatoms. The molecule has 0 fully saturated rings. The summed E-state index contributed by atoms with van der Waals surface area (Å²) < 4.78 is 11.9. The lowest BCUT2D eigenvalue weighted by molar-refractivity contribution is -0.0429. The minimum atomic E-state index is -0.383. The summed E-state index contributed by atoms with van der Waals surface area (Å²) in [7, 11) is 0. The summed E-state index contributed by atoms with van der Waals surface area (Å²) in [6, 6.07) is 6.91. The lowest BCUT2D eigenvalue weighted by Crippen LogP contribution is -2.52. The number of aromatic amines is 1. The van der Waals surface area contributed by atoms with Crippen LogP contribution in [0.2, 0.25) is 0 Å². The quantitative estimate of drug-likeness (QED) is 0.538. The summed E-state index contributed by atoms with van der Waals surface area (Å²) in [4.78, 5) is 15.1. The van der Waals surface area contributed by atoms with E-state index in [1.54, 1.807) is 0 Å². The minimum absolute atomic E-state index is 0.141. The molecule has 0 bridgehead atoms. The van der Waals surface area contributed by atoms with Gasteiger partial charge in [-0.25, -0.2) is 4.79 Å². The van der Waals surface area contributed by atoms with Crippen LogP contribution in [-0.4, -0.2) is 11.6 Å². The molecule has 34 heavy (non-hydrogen) atoms. The average Bonchev–Trinajstić information content (AvgIpc) is 3.27. The van der Waals surface area contributed by atoms with Gasteiger partial charge in [0.1, 0.15) is 5.76 Å². The van der Waals surface area contributed by atoms with E-state index in [1.165, 1.54) is 16.7 Å². The fourth-order valence-corrected chi connectivity index (χ4v) is 7.51. The summed E-state index contributed by atoms with van der Waals surface area (Å²) in [6.45, 7) is 24.5. The predicted molar refractivity (Wildman–Crippen MR) is 138 cm³/mol. The second-order valence-electron chi connectivity index (χ2n) is 14.1. The lowest BCUT2D eigenvalue weighted by atomic mass is 9.52. The third-order valence-corrected chi connectivity index (χ3v) is 9.62. The van der Waals surface area contributed by atoms with Crippen LogP contribution in [0.5, 0.6) is 0 Å².